The highest BCUT2D eigenvalue weighted by Gasteiger charge is 2.27. The van der Waals surface area contributed by atoms with Crippen molar-refractivity contribution < 1.29 is 9.59 Å². The summed E-state index contributed by atoms with van der Waals surface area (Å²) in [6, 6.07) is 15.3. The second kappa shape index (κ2) is 12.5. The highest BCUT2D eigenvalue weighted by molar-refractivity contribution is 5.98. The Balaban J connectivity index is 1.01. The summed E-state index contributed by atoms with van der Waals surface area (Å²) in [5.74, 6) is 1.63. The standard InChI is InChI=1S/C34H36N10O2/c1-41(2)33(46)28-20-25-21-38-34(40-31(25)44(28)26-9-3-4-10-26)39-29-12-11-27(22-37-29)42-15-17-43(18-16-42)32(45)24-8-5-7-23(19-24)30-35-13-6-14-36-30/h5-8,11-14,19-22,26H,3-4,9-10,15-18H2,1-2H3,(H,37,38,39,40). The van der Waals surface area contributed by atoms with Crippen LogP contribution in [0.4, 0.5) is 17.5 Å². The summed E-state index contributed by atoms with van der Waals surface area (Å²) in [6.45, 7) is 2.62. The van der Waals surface area contributed by atoms with Gasteiger partial charge in [0.25, 0.3) is 11.8 Å². The number of hydrogen-bond acceptors (Lipinski definition) is 9. The molecule has 2 amide bonds. The van der Waals surface area contributed by atoms with Crippen molar-refractivity contribution in [1.82, 2.24) is 39.3 Å². The molecule has 5 aromatic rings. The first-order valence-corrected chi connectivity index (χ1v) is 15.7. The summed E-state index contributed by atoms with van der Waals surface area (Å²) in [4.78, 5) is 54.6. The van der Waals surface area contributed by atoms with Crippen molar-refractivity contribution in [2.75, 3.05) is 50.5 Å². The molecule has 1 aromatic carbocycles. The molecule has 46 heavy (non-hydrogen) atoms. The van der Waals surface area contributed by atoms with Crippen LogP contribution < -0.4 is 10.2 Å². The SMILES string of the molecule is CN(C)C(=O)c1cc2cnc(Nc3ccc(N4CCN(C(=O)c5cccc(-c6ncccn6)c5)CC4)cn3)nc2n1C1CCCC1. The van der Waals surface area contributed by atoms with Crippen LogP contribution in [0, 0.1) is 0 Å². The molecule has 4 aromatic heterocycles. The summed E-state index contributed by atoms with van der Waals surface area (Å²) >= 11 is 0. The third-order valence-corrected chi connectivity index (χ3v) is 8.74. The van der Waals surface area contributed by atoms with E-state index in [9.17, 15) is 9.59 Å². The van der Waals surface area contributed by atoms with Crippen LogP contribution in [-0.2, 0) is 0 Å². The number of rotatable bonds is 7. The molecule has 0 atom stereocenters. The Labute approximate surface area is 267 Å². The zero-order valence-electron chi connectivity index (χ0n) is 26.0. The highest BCUT2D eigenvalue weighted by Crippen LogP contribution is 2.35. The largest absolute Gasteiger partial charge is 0.367 e. The molecular formula is C34H36N10O2. The normalized spacial score (nSPS) is 15.3. The molecule has 0 radical (unpaired) electrons. The monoisotopic (exact) mass is 616 g/mol. The minimum Gasteiger partial charge on any atom is -0.367 e. The van der Waals surface area contributed by atoms with Gasteiger partial charge in [-0.15, -0.1) is 0 Å². The number of hydrogen-bond donors (Lipinski definition) is 1. The third-order valence-electron chi connectivity index (χ3n) is 8.74. The molecule has 0 unspecified atom stereocenters. The van der Waals surface area contributed by atoms with Crippen molar-refractivity contribution in [1.29, 1.82) is 0 Å². The van der Waals surface area contributed by atoms with Crippen molar-refractivity contribution in [2.45, 2.75) is 31.7 Å². The fraction of sp³-hybridized carbons (Fsp3) is 0.324. The molecular weight excluding hydrogens is 580 g/mol. The molecule has 1 aliphatic carbocycles. The Morgan fingerprint density at radius 1 is 0.870 bits per heavy atom. The van der Waals surface area contributed by atoms with E-state index >= 15 is 0 Å². The predicted octanol–water partition coefficient (Wildman–Crippen LogP) is 4.81. The molecule has 1 saturated carbocycles. The fourth-order valence-corrected chi connectivity index (χ4v) is 6.35. The summed E-state index contributed by atoms with van der Waals surface area (Å²) < 4.78 is 2.10. The quantitative estimate of drug-likeness (QED) is 0.274. The second-order valence-corrected chi connectivity index (χ2v) is 12.0. The summed E-state index contributed by atoms with van der Waals surface area (Å²) in [6.07, 6.45) is 11.4. The Morgan fingerprint density at radius 2 is 1.65 bits per heavy atom. The molecule has 2 aliphatic rings. The van der Waals surface area contributed by atoms with E-state index in [0.29, 0.717) is 55.0 Å². The van der Waals surface area contributed by atoms with Gasteiger partial charge in [-0.3, -0.25) is 9.59 Å². The van der Waals surface area contributed by atoms with Crippen LogP contribution in [0.2, 0.25) is 0 Å². The Bertz CT molecular complexity index is 1860. The molecule has 1 N–H and O–H groups in total. The van der Waals surface area contributed by atoms with E-state index in [1.165, 1.54) is 0 Å². The maximum Gasteiger partial charge on any atom is 0.270 e. The zero-order chi connectivity index (χ0) is 31.6. The van der Waals surface area contributed by atoms with E-state index in [-0.39, 0.29) is 17.9 Å². The van der Waals surface area contributed by atoms with Crippen molar-refractivity contribution in [3.05, 3.63) is 84.6 Å². The van der Waals surface area contributed by atoms with Gasteiger partial charge in [-0.05, 0) is 49.2 Å². The van der Waals surface area contributed by atoms with E-state index in [2.05, 4.69) is 34.7 Å². The Hall–Kier alpha value is -5.39. The van der Waals surface area contributed by atoms with Gasteiger partial charge in [0.2, 0.25) is 5.95 Å². The topological polar surface area (TPSA) is 125 Å². The number of benzene rings is 1. The summed E-state index contributed by atoms with van der Waals surface area (Å²) in [7, 11) is 3.55. The van der Waals surface area contributed by atoms with Crippen molar-refractivity contribution in [2.24, 2.45) is 0 Å². The lowest BCUT2D eigenvalue weighted by atomic mass is 10.1. The van der Waals surface area contributed by atoms with Gasteiger partial charge in [0, 0.05) is 81.4 Å². The second-order valence-electron chi connectivity index (χ2n) is 12.0. The van der Waals surface area contributed by atoms with Gasteiger partial charge in [0.05, 0.1) is 11.9 Å². The number of carbonyl (C=O) groups excluding carboxylic acids is 2. The lowest BCUT2D eigenvalue weighted by Gasteiger charge is -2.36. The van der Waals surface area contributed by atoms with E-state index in [4.69, 9.17) is 4.98 Å². The molecule has 5 heterocycles. The van der Waals surface area contributed by atoms with Gasteiger partial charge in [-0.1, -0.05) is 25.0 Å². The third kappa shape index (κ3) is 5.85. The molecule has 1 aliphatic heterocycles. The molecule has 0 spiro atoms. The van der Waals surface area contributed by atoms with Crippen molar-refractivity contribution in [3.63, 3.8) is 0 Å². The number of carbonyl (C=O) groups is 2. The average Bonchev–Trinajstić information content (AvgIpc) is 3.76. The lowest BCUT2D eigenvalue weighted by Crippen LogP contribution is -2.48. The van der Waals surface area contributed by atoms with Gasteiger partial charge in [-0.25, -0.2) is 19.9 Å². The number of amides is 2. The van der Waals surface area contributed by atoms with Crippen LogP contribution in [0.15, 0.2) is 73.3 Å². The molecule has 12 nitrogen and oxygen atoms in total. The first kappa shape index (κ1) is 29.3. The van der Waals surface area contributed by atoms with Crippen LogP contribution in [0.25, 0.3) is 22.4 Å². The van der Waals surface area contributed by atoms with Gasteiger partial charge < -0.3 is 24.6 Å². The van der Waals surface area contributed by atoms with Crippen LogP contribution >= 0.6 is 0 Å². The van der Waals surface area contributed by atoms with Gasteiger partial charge >= 0.3 is 0 Å². The number of anilines is 3. The van der Waals surface area contributed by atoms with Crippen LogP contribution in [-0.4, -0.2) is 91.4 Å². The maximum atomic E-state index is 13.3. The smallest absolute Gasteiger partial charge is 0.270 e. The van der Waals surface area contributed by atoms with E-state index in [0.717, 1.165) is 48.0 Å². The Morgan fingerprint density at radius 3 is 2.37 bits per heavy atom. The number of nitrogens with zero attached hydrogens (tertiary/aromatic N) is 9. The van der Waals surface area contributed by atoms with Crippen LogP contribution in [0.1, 0.15) is 52.6 Å². The number of fused-ring (bicyclic) bond motifs is 1. The molecule has 1 saturated heterocycles. The average molecular weight is 617 g/mol. The fourth-order valence-electron chi connectivity index (χ4n) is 6.35. The molecule has 7 rings (SSSR count). The van der Waals surface area contributed by atoms with Crippen molar-refractivity contribution in [3.8, 4) is 11.4 Å². The predicted molar refractivity (Wildman–Crippen MR) is 176 cm³/mol. The van der Waals surface area contributed by atoms with Crippen LogP contribution in [0.3, 0.4) is 0 Å². The van der Waals surface area contributed by atoms with Gasteiger partial charge in [0.1, 0.15) is 17.2 Å². The van der Waals surface area contributed by atoms with E-state index in [1.54, 1.807) is 43.7 Å². The van der Waals surface area contributed by atoms with Gasteiger partial charge in [0.15, 0.2) is 5.82 Å². The maximum absolute atomic E-state index is 13.3. The highest BCUT2D eigenvalue weighted by atomic mass is 16.2. The number of pyridine rings is 1. The van der Waals surface area contributed by atoms with Crippen LogP contribution in [0.5, 0.6) is 0 Å². The Kier molecular flexibility index (Phi) is 8.00. The zero-order valence-corrected chi connectivity index (χ0v) is 26.0. The molecule has 2 fully saturated rings. The number of piperazine rings is 1. The number of nitrogens with one attached hydrogen (secondary N) is 1. The van der Waals surface area contributed by atoms with Gasteiger partial charge in [-0.2, -0.15) is 4.98 Å². The summed E-state index contributed by atoms with van der Waals surface area (Å²) in [5.41, 5.74) is 3.85. The number of aromatic nitrogens is 6. The molecule has 234 valence electrons. The summed E-state index contributed by atoms with van der Waals surface area (Å²) in [5, 5.41) is 4.09. The minimum atomic E-state index is -0.0331. The first-order chi connectivity index (χ1) is 22.4. The first-order valence-electron chi connectivity index (χ1n) is 15.7. The lowest BCUT2D eigenvalue weighted by molar-refractivity contribution is 0.0746. The molecule has 12 heteroatoms. The minimum absolute atomic E-state index is 0.00403. The van der Waals surface area contributed by atoms with E-state index < -0.39 is 0 Å². The van der Waals surface area contributed by atoms with E-state index in [1.807, 2.05) is 53.6 Å². The molecule has 0 bridgehead atoms. The van der Waals surface area contributed by atoms with Crippen molar-refractivity contribution >= 4 is 40.3 Å².